The Kier molecular flexibility index (Phi) is 7.12. The first kappa shape index (κ1) is 25.0. The van der Waals surface area contributed by atoms with Crippen LogP contribution in [0.25, 0.3) is 11.1 Å². The van der Waals surface area contributed by atoms with E-state index in [0.29, 0.717) is 11.1 Å². The number of rotatable bonds is 5. The molecule has 1 N–H and O–H groups in total. The summed E-state index contributed by atoms with van der Waals surface area (Å²) in [5.74, 6) is -1.45. The number of anilines is 1. The van der Waals surface area contributed by atoms with E-state index < -0.39 is 29.0 Å². The quantitative estimate of drug-likeness (QED) is 0.454. The van der Waals surface area contributed by atoms with Crippen molar-refractivity contribution in [1.29, 1.82) is 5.26 Å². The first-order chi connectivity index (χ1) is 15.9. The summed E-state index contributed by atoms with van der Waals surface area (Å²) in [6.45, 7) is 5.67. The van der Waals surface area contributed by atoms with E-state index in [0.717, 1.165) is 11.1 Å². The lowest BCUT2D eigenvalue weighted by Gasteiger charge is -2.31. The van der Waals surface area contributed by atoms with Gasteiger partial charge in [0, 0.05) is 28.8 Å². The van der Waals surface area contributed by atoms with Crippen LogP contribution in [0.5, 0.6) is 0 Å². The minimum Gasteiger partial charge on any atom is -0.267 e. The van der Waals surface area contributed by atoms with Crippen LogP contribution in [0.15, 0.2) is 54.6 Å². The minimum atomic E-state index is -4.78. The molecule has 1 aromatic heterocycles. The van der Waals surface area contributed by atoms with E-state index >= 15 is 0 Å². The zero-order valence-electron chi connectivity index (χ0n) is 18.6. The molecule has 3 aromatic rings. The van der Waals surface area contributed by atoms with Crippen LogP contribution in [-0.2, 0) is 6.18 Å². The molecule has 6 nitrogen and oxygen atoms in total. The molecule has 0 aliphatic heterocycles. The van der Waals surface area contributed by atoms with Crippen LogP contribution in [-0.4, -0.2) is 22.4 Å². The predicted molar refractivity (Wildman–Crippen MR) is 123 cm³/mol. The smallest absolute Gasteiger partial charge is 0.267 e. The number of nitrogens with one attached hydrogen (secondary N) is 1. The molecule has 0 fully saturated rings. The number of hydrazine groups is 1. The van der Waals surface area contributed by atoms with Gasteiger partial charge in [0.05, 0.1) is 0 Å². The normalized spacial score (nSPS) is 11.6. The van der Waals surface area contributed by atoms with Gasteiger partial charge in [0.15, 0.2) is 11.5 Å². The molecule has 1 amide bonds. The van der Waals surface area contributed by atoms with Crippen molar-refractivity contribution in [3.8, 4) is 17.2 Å². The number of alkyl halides is 3. The number of carbonyl (C=O) groups is 1. The summed E-state index contributed by atoms with van der Waals surface area (Å²) >= 11 is 6.23. The van der Waals surface area contributed by atoms with Crippen molar-refractivity contribution in [2.24, 2.45) is 5.41 Å². The SMILES string of the molecule is CC(C)(C)CN(NC(=O)c1ccc(-c2ccccc2Cl)cc1)c1cc(C(F)(F)F)nc(C#N)n1. The average molecular weight is 488 g/mol. The van der Waals surface area contributed by atoms with Crippen molar-refractivity contribution < 1.29 is 18.0 Å². The Morgan fingerprint density at radius 3 is 2.29 bits per heavy atom. The molecule has 1 heterocycles. The van der Waals surface area contributed by atoms with Crippen LogP contribution in [0.1, 0.15) is 42.6 Å². The van der Waals surface area contributed by atoms with E-state index in [1.807, 2.05) is 39.0 Å². The molecule has 176 valence electrons. The third kappa shape index (κ3) is 6.23. The van der Waals surface area contributed by atoms with Gasteiger partial charge >= 0.3 is 6.18 Å². The highest BCUT2D eigenvalue weighted by molar-refractivity contribution is 6.33. The van der Waals surface area contributed by atoms with Gasteiger partial charge in [-0.3, -0.25) is 15.2 Å². The van der Waals surface area contributed by atoms with Gasteiger partial charge in [0.2, 0.25) is 5.82 Å². The number of aromatic nitrogens is 2. The largest absolute Gasteiger partial charge is 0.433 e. The molecule has 0 radical (unpaired) electrons. The fraction of sp³-hybridized carbons (Fsp3) is 0.250. The monoisotopic (exact) mass is 487 g/mol. The topological polar surface area (TPSA) is 81.9 Å². The van der Waals surface area contributed by atoms with Crippen molar-refractivity contribution in [1.82, 2.24) is 15.4 Å². The van der Waals surface area contributed by atoms with Gasteiger partial charge in [-0.1, -0.05) is 62.7 Å². The number of benzene rings is 2. The summed E-state index contributed by atoms with van der Waals surface area (Å²) in [5, 5.41) is 10.9. The second-order valence-corrected chi connectivity index (χ2v) is 9.10. The van der Waals surface area contributed by atoms with E-state index in [4.69, 9.17) is 16.9 Å². The summed E-state index contributed by atoms with van der Waals surface area (Å²) in [7, 11) is 0. The fourth-order valence-electron chi connectivity index (χ4n) is 3.10. The van der Waals surface area contributed by atoms with Crippen molar-refractivity contribution in [2.75, 3.05) is 11.6 Å². The second kappa shape index (κ2) is 9.69. The molecule has 0 aliphatic carbocycles. The number of carbonyl (C=O) groups excluding carboxylic acids is 1. The van der Waals surface area contributed by atoms with Gasteiger partial charge in [-0.25, -0.2) is 4.98 Å². The van der Waals surface area contributed by atoms with E-state index in [1.165, 1.54) is 11.1 Å². The first-order valence-corrected chi connectivity index (χ1v) is 10.5. The summed E-state index contributed by atoms with van der Waals surface area (Å²) in [5.41, 5.74) is 2.79. The molecule has 10 heteroatoms. The minimum absolute atomic E-state index is 0.121. The van der Waals surface area contributed by atoms with E-state index in [9.17, 15) is 18.0 Å². The maximum Gasteiger partial charge on any atom is 0.433 e. The molecule has 0 aliphatic rings. The zero-order valence-corrected chi connectivity index (χ0v) is 19.4. The van der Waals surface area contributed by atoms with Crippen LogP contribution in [0.4, 0.5) is 19.0 Å². The van der Waals surface area contributed by atoms with Crippen LogP contribution < -0.4 is 10.4 Å². The highest BCUT2D eigenvalue weighted by Gasteiger charge is 2.35. The summed E-state index contributed by atoms with van der Waals surface area (Å²) < 4.78 is 39.9. The zero-order chi connectivity index (χ0) is 25.1. The molecule has 0 saturated carbocycles. The maximum absolute atomic E-state index is 13.3. The molecule has 0 atom stereocenters. The molecule has 0 saturated heterocycles. The molecule has 0 spiro atoms. The molecule has 0 bridgehead atoms. The van der Waals surface area contributed by atoms with Gasteiger partial charge in [0.25, 0.3) is 5.91 Å². The summed E-state index contributed by atoms with van der Waals surface area (Å²) in [6, 6.07) is 16.1. The van der Waals surface area contributed by atoms with Gasteiger partial charge in [-0.15, -0.1) is 0 Å². The lowest BCUT2D eigenvalue weighted by atomic mass is 9.96. The van der Waals surface area contributed by atoms with Crippen molar-refractivity contribution in [3.05, 3.63) is 76.7 Å². The summed E-state index contributed by atoms with van der Waals surface area (Å²) in [6.07, 6.45) is -4.78. The predicted octanol–water partition coefficient (Wildman–Crippen LogP) is 5.88. The Morgan fingerprint density at radius 1 is 1.09 bits per heavy atom. The van der Waals surface area contributed by atoms with Gasteiger partial charge < -0.3 is 0 Å². The lowest BCUT2D eigenvalue weighted by Crippen LogP contribution is -2.47. The number of nitrogens with zero attached hydrogens (tertiary/aromatic N) is 4. The molecule has 34 heavy (non-hydrogen) atoms. The summed E-state index contributed by atoms with van der Waals surface area (Å²) in [4.78, 5) is 20.1. The van der Waals surface area contributed by atoms with Crippen molar-refractivity contribution in [3.63, 3.8) is 0 Å². The Morgan fingerprint density at radius 2 is 1.74 bits per heavy atom. The lowest BCUT2D eigenvalue weighted by molar-refractivity contribution is -0.141. The molecular formula is C24H21ClF3N5O. The number of nitriles is 1. The maximum atomic E-state index is 13.3. The Bertz CT molecular complexity index is 1230. The number of amides is 1. The molecular weight excluding hydrogens is 467 g/mol. The Hall–Kier alpha value is -3.64. The van der Waals surface area contributed by atoms with Gasteiger partial charge in [-0.2, -0.15) is 23.4 Å². The Balaban J connectivity index is 1.92. The highest BCUT2D eigenvalue weighted by Crippen LogP contribution is 2.31. The highest BCUT2D eigenvalue weighted by atomic mass is 35.5. The van der Waals surface area contributed by atoms with Crippen LogP contribution >= 0.6 is 11.6 Å². The van der Waals surface area contributed by atoms with Gasteiger partial charge in [-0.05, 0) is 29.2 Å². The van der Waals surface area contributed by atoms with Gasteiger partial charge in [0.1, 0.15) is 6.07 Å². The van der Waals surface area contributed by atoms with Crippen LogP contribution in [0.2, 0.25) is 5.02 Å². The third-order valence-electron chi connectivity index (χ3n) is 4.58. The number of halogens is 4. The molecule has 3 rings (SSSR count). The van der Waals surface area contributed by atoms with Crippen molar-refractivity contribution >= 4 is 23.3 Å². The first-order valence-electron chi connectivity index (χ1n) is 10.2. The fourth-order valence-corrected chi connectivity index (χ4v) is 3.35. The number of hydrogen-bond donors (Lipinski definition) is 1. The molecule has 2 aromatic carbocycles. The number of hydrogen-bond acceptors (Lipinski definition) is 5. The molecule has 0 unspecified atom stereocenters. The Labute approximate surface area is 200 Å². The van der Waals surface area contributed by atoms with E-state index in [1.54, 1.807) is 30.3 Å². The second-order valence-electron chi connectivity index (χ2n) is 8.69. The standard InChI is InChI=1S/C24H21ClF3N5O/c1-23(2,3)14-33(21-12-19(24(26,27)28)30-20(13-29)31-21)32-22(34)16-10-8-15(9-11-16)17-6-4-5-7-18(17)25/h4-12H,14H2,1-3H3,(H,32,34). The van der Waals surface area contributed by atoms with Crippen LogP contribution in [0.3, 0.4) is 0 Å². The van der Waals surface area contributed by atoms with Crippen molar-refractivity contribution in [2.45, 2.75) is 26.9 Å². The van der Waals surface area contributed by atoms with E-state index in [2.05, 4.69) is 15.4 Å². The van der Waals surface area contributed by atoms with Crippen LogP contribution in [0, 0.1) is 16.7 Å². The van der Waals surface area contributed by atoms with E-state index in [-0.39, 0.29) is 17.9 Å². The third-order valence-corrected chi connectivity index (χ3v) is 4.91. The average Bonchev–Trinajstić information content (AvgIpc) is 2.77.